The molecule has 7 nitrogen and oxygen atoms in total. The topological polar surface area (TPSA) is 133 Å². The zero-order valence-corrected chi connectivity index (χ0v) is 7.91. The van der Waals surface area contributed by atoms with E-state index < -0.39 is 24.9 Å². The summed E-state index contributed by atoms with van der Waals surface area (Å²) in [5.74, 6) is 4.53. The number of carbonyl (C=O) groups excluding carboxylic acids is 1. The fraction of sp³-hybridized carbons (Fsp3) is 0.857. The van der Waals surface area contributed by atoms with Gasteiger partial charge in [0.1, 0.15) is 18.3 Å². The molecule has 0 aliphatic carbocycles. The average Bonchev–Trinajstić information content (AvgIpc) is 2.26. The van der Waals surface area contributed by atoms with E-state index in [-0.39, 0.29) is 6.29 Å². The van der Waals surface area contributed by atoms with Crippen LogP contribution in [0.4, 0.5) is 0 Å². The van der Waals surface area contributed by atoms with Crippen LogP contribution >= 0.6 is 0 Å². The van der Waals surface area contributed by atoms with Crippen molar-refractivity contribution in [3.8, 4) is 0 Å². The molecule has 0 heterocycles. The second kappa shape index (κ2) is 10.5. The molecular formula is C7H17NO6. The highest BCUT2D eigenvalue weighted by Gasteiger charge is 2.22. The summed E-state index contributed by atoms with van der Waals surface area (Å²) in [6.07, 6.45) is -4.63. The van der Waals surface area contributed by atoms with Gasteiger partial charge >= 0.3 is 0 Å². The molecular weight excluding hydrogens is 194 g/mol. The Bertz CT molecular complexity index is 131. The predicted octanol–water partition coefficient (Wildman–Crippen LogP) is -2.84. The molecule has 14 heavy (non-hydrogen) atoms. The van der Waals surface area contributed by atoms with E-state index in [4.69, 9.17) is 20.4 Å². The summed E-state index contributed by atoms with van der Waals surface area (Å²) < 4.78 is 0. The predicted molar refractivity (Wildman–Crippen MR) is 47.0 cm³/mol. The lowest BCUT2D eigenvalue weighted by atomic mass is 10.1. The SMILES string of the molecule is CCON.O=C[C@H](O)[C@H](O)[C@H](O)CO. The maximum absolute atomic E-state index is 9.76. The largest absolute Gasteiger partial charge is 0.394 e. The number of hydrogen-bond donors (Lipinski definition) is 5. The molecule has 0 amide bonds. The molecule has 6 N–H and O–H groups in total. The molecule has 0 radical (unpaired) electrons. The van der Waals surface area contributed by atoms with Crippen LogP contribution in [0.3, 0.4) is 0 Å². The van der Waals surface area contributed by atoms with Crippen molar-refractivity contribution >= 4 is 6.29 Å². The fourth-order valence-corrected chi connectivity index (χ4v) is 0.416. The Hall–Kier alpha value is -0.570. The van der Waals surface area contributed by atoms with Gasteiger partial charge < -0.3 is 30.1 Å². The maximum Gasteiger partial charge on any atom is 0.151 e. The van der Waals surface area contributed by atoms with Crippen LogP contribution in [0.15, 0.2) is 0 Å². The van der Waals surface area contributed by atoms with E-state index in [9.17, 15) is 4.79 Å². The van der Waals surface area contributed by atoms with E-state index in [1.54, 1.807) is 0 Å². The molecule has 3 atom stereocenters. The lowest BCUT2D eigenvalue weighted by Gasteiger charge is -2.16. The van der Waals surface area contributed by atoms with Crippen molar-refractivity contribution < 1.29 is 30.1 Å². The lowest BCUT2D eigenvalue weighted by molar-refractivity contribution is -0.127. The van der Waals surface area contributed by atoms with Crippen LogP contribution in [-0.4, -0.2) is 58.2 Å². The van der Waals surface area contributed by atoms with E-state index in [2.05, 4.69) is 10.7 Å². The normalized spacial score (nSPS) is 16.1. The number of nitrogens with two attached hydrogens (primary N) is 1. The third kappa shape index (κ3) is 8.05. The Morgan fingerprint density at radius 3 is 2.07 bits per heavy atom. The molecule has 0 aliphatic rings. The molecule has 0 spiro atoms. The lowest BCUT2D eigenvalue weighted by Crippen LogP contribution is -2.40. The first-order valence-electron chi connectivity index (χ1n) is 3.97. The zero-order chi connectivity index (χ0) is 11.6. The number of carbonyl (C=O) groups is 1. The quantitative estimate of drug-likeness (QED) is 0.244. The standard InChI is InChI=1S/C5H10O5.C2H7NO/c6-1-3(8)5(10)4(9)2-7;1-2-4-3/h1,3-5,7-10H,2H2;2-3H2,1H3/t3-,4+,5-;/m0./s1. The second-order valence-corrected chi connectivity index (χ2v) is 2.32. The van der Waals surface area contributed by atoms with Gasteiger partial charge in [-0.05, 0) is 6.92 Å². The van der Waals surface area contributed by atoms with Gasteiger partial charge in [-0.25, -0.2) is 5.90 Å². The first-order valence-corrected chi connectivity index (χ1v) is 3.97. The third-order valence-corrected chi connectivity index (χ3v) is 1.24. The van der Waals surface area contributed by atoms with Crippen LogP contribution in [0.1, 0.15) is 6.92 Å². The van der Waals surface area contributed by atoms with Crippen LogP contribution < -0.4 is 5.90 Å². The van der Waals surface area contributed by atoms with Crippen LogP contribution in [-0.2, 0) is 9.63 Å². The molecule has 86 valence electrons. The number of hydrogen-bond acceptors (Lipinski definition) is 7. The number of aldehydes is 1. The summed E-state index contributed by atoms with van der Waals surface area (Å²) in [5.41, 5.74) is 0. The Morgan fingerprint density at radius 1 is 1.43 bits per heavy atom. The minimum atomic E-state index is -1.64. The molecule has 0 rings (SSSR count). The third-order valence-electron chi connectivity index (χ3n) is 1.24. The van der Waals surface area contributed by atoms with Crippen molar-refractivity contribution in [3.05, 3.63) is 0 Å². The smallest absolute Gasteiger partial charge is 0.151 e. The highest BCUT2D eigenvalue weighted by molar-refractivity contribution is 5.56. The van der Waals surface area contributed by atoms with Gasteiger partial charge in [-0.15, -0.1) is 0 Å². The molecule has 0 fully saturated rings. The molecule has 7 heteroatoms. The molecule has 0 aromatic rings. The van der Waals surface area contributed by atoms with E-state index in [0.717, 1.165) is 0 Å². The van der Waals surface area contributed by atoms with E-state index >= 15 is 0 Å². The van der Waals surface area contributed by atoms with Gasteiger partial charge in [-0.3, -0.25) is 0 Å². The van der Waals surface area contributed by atoms with Crippen molar-refractivity contribution in [2.75, 3.05) is 13.2 Å². The van der Waals surface area contributed by atoms with E-state index in [1.165, 1.54) is 0 Å². The second-order valence-electron chi connectivity index (χ2n) is 2.32. The molecule has 0 unspecified atom stereocenters. The van der Waals surface area contributed by atoms with Gasteiger partial charge in [-0.1, -0.05) is 0 Å². The molecule has 0 aromatic heterocycles. The first-order chi connectivity index (χ1) is 6.54. The maximum atomic E-state index is 9.76. The average molecular weight is 211 g/mol. The van der Waals surface area contributed by atoms with Gasteiger partial charge in [0.15, 0.2) is 6.29 Å². The van der Waals surface area contributed by atoms with Gasteiger partial charge in [0.2, 0.25) is 0 Å². The van der Waals surface area contributed by atoms with Crippen LogP contribution in [0.25, 0.3) is 0 Å². The van der Waals surface area contributed by atoms with Crippen molar-refractivity contribution in [2.24, 2.45) is 5.90 Å². The minimum absolute atomic E-state index is 0.0869. The summed E-state index contributed by atoms with van der Waals surface area (Å²) in [6, 6.07) is 0. The van der Waals surface area contributed by atoms with Crippen LogP contribution in [0, 0.1) is 0 Å². The number of rotatable bonds is 5. The van der Waals surface area contributed by atoms with Gasteiger partial charge in [0, 0.05) is 0 Å². The van der Waals surface area contributed by atoms with Gasteiger partial charge in [-0.2, -0.15) is 0 Å². The van der Waals surface area contributed by atoms with Crippen molar-refractivity contribution in [1.29, 1.82) is 0 Å². The molecule has 0 bridgehead atoms. The summed E-state index contributed by atoms with van der Waals surface area (Å²) in [4.78, 5) is 13.8. The number of aliphatic hydroxyl groups excluding tert-OH is 4. The van der Waals surface area contributed by atoms with Crippen molar-refractivity contribution in [2.45, 2.75) is 25.2 Å². The summed E-state index contributed by atoms with van der Waals surface area (Å²) in [5, 5.41) is 34.1. The summed E-state index contributed by atoms with van der Waals surface area (Å²) in [7, 11) is 0. The molecule has 0 aromatic carbocycles. The van der Waals surface area contributed by atoms with Gasteiger partial charge in [0.05, 0.1) is 13.2 Å². The Labute approximate surface area is 81.7 Å². The summed E-state index contributed by atoms with van der Waals surface area (Å²) >= 11 is 0. The van der Waals surface area contributed by atoms with Crippen LogP contribution in [0.2, 0.25) is 0 Å². The Balaban J connectivity index is 0. The van der Waals surface area contributed by atoms with E-state index in [0.29, 0.717) is 6.61 Å². The van der Waals surface area contributed by atoms with Gasteiger partial charge in [0.25, 0.3) is 0 Å². The van der Waals surface area contributed by atoms with Crippen molar-refractivity contribution in [1.82, 2.24) is 0 Å². The fourth-order valence-electron chi connectivity index (χ4n) is 0.416. The Morgan fingerprint density at radius 2 is 1.86 bits per heavy atom. The zero-order valence-electron chi connectivity index (χ0n) is 7.91. The Kier molecular flexibility index (Phi) is 11.9. The number of aliphatic hydroxyl groups is 4. The monoisotopic (exact) mass is 211 g/mol. The van der Waals surface area contributed by atoms with Crippen molar-refractivity contribution in [3.63, 3.8) is 0 Å². The first kappa shape index (κ1) is 15.9. The molecule has 0 saturated heterocycles. The highest BCUT2D eigenvalue weighted by Crippen LogP contribution is 1.96. The van der Waals surface area contributed by atoms with Crippen LogP contribution in [0.5, 0.6) is 0 Å². The van der Waals surface area contributed by atoms with E-state index in [1.807, 2.05) is 6.92 Å². The minimum Gasteiger partial charge on any atom is -0.394 e. The summed E-state index contributed by atoms with van der Waals surface area (Å²) in [6.45, 7) is 1.74. The highest BCUT2D eigenvalue weighted by atomic mass is 16.6. The molecule has 0 saturated carbocycles. The molecule has 0 aliphatic heterocycles.